The molecule has 1 aliphatic rings. The average molecular weight is 441 g/mol. The molecule has 4 nitrogen and oxygen atoms in total. The Hall–Kier alpha value is -2.58. The van der Waals surface area contributed by atoms with Crippen molar-refractivity contribution in [2.45, 2.75) is 50.7 Å². The molecule has 0 bridgehead atoms. The molecule has 2 rings (SSSR count). The molecule has 0 amide bonds. The van der Waals surface area contributed by atoms with E-state index in [9.17, 15) is 4.79 Å². The summed E-state index contributed by atoms with van der Waals surface area (Å²) >= 11 is 1.71. The highest BCUT2D eigenvalue weighted by atomic mass is 32.2. The largest absolute Gasteiger partial charge is 0.497 e. The van der Waals surface area contributed by atoms with Gasteiger partial charge in [0.1, 0.15) is 11.5 Å². The van der Waals surface area contributed by atoms with Gasteiger partial charge in [-0.05, 0) is 60.4 Å². The quantitative estimate of drug-likeness (QED) is 0.382. The molecule has 1 aromatic carbocycles. The number of hydrogen-bond donors (Lipinski definition) is 0. The van der Waals surface area contributed by atoms with Crippen molar-refractivity contribution in [3.63, 3.8) is 0 Å². The summed E-state index contributed by atoms with van der Waals surface area (Å²) in [5.74, 6) is 3.96. The number of ether oxygens (including phenoxy) is 3. The summed E-state index contributed by atoms with van der Waals surface area (Å²) in [4.78, 5) is 12.7. The minimum absolute atomic E-state index is 0.102. The highest BCUT2D eigenvalue weighted by Gasteiger charge is 2.34. The van der Waals surface area contributed by atoms with Crippen LogP contribution in [0.2, 0.25) is 0 Å². The first-order chi connectivity index (χ1) is 14.9. The lowest BCUT2D eigenvalue weighted by Gasteiger charge is -2.36. The molecule has 31 heavy (non-hydrogen) atoms. The molecule has 166 valence electrons. The van der Waals surface area contributed by atoms with E-state index in [4.69, 9.17) is 15.9 Å². The van der Waals surface area contributed by atoms with E-state index in [0.717, 1.165) is 30.6 Å². The highest BCUT2D eigenvalue weighted by molar-refractivity contribution is 8.04. The van der Waals surface area contributed by atoms with Gasteiger partial charge in [-0.1, -0.05) is 44.1 Å². The zero-order valence-corrected chi connectivity index (χ0v) is 19.9. The Morgan fingerprint density at radius 3 is 2.61 bits per heavy atom. The predicted molar refractivity (Wildman–Crippen MR) is 128 cm³/mol. The van der Waals surface area contributed by atoms with Gasteiger partial charge in [0, 0.05) is 5.41 Å². The maximum atomic E-state index is 11.4. The van der Waals surface area contributed by atoms with Crippen molar-refractivity contribution in [2.24, 2.45) is 0 Å². The van der Waals surface area contributed by atoms with Crippen molar-refractivity contribution in [1.29, 1.82) is 0 Å². The first-order valence-corrected chi connectivity index (χ1v) is 11.4. The summed E-state index contributed by atoms with van der Waals surface area (Å²) in [5.41, 5.74) is 2.04. The molecule has 0 fully saturated rings. The summed E-state index contributed by atoms with van der Waals surface area (Å²) < 4.78 is 15.7. The molecule has 0 aromatic heterocycles. The first kappa shape index (κ1) is 24.7. The number of methoxy groups -OCH3 is 2. The van der Waals surface area contributed by atoms with Gasteiger partial charge in [-0.3, -0.25) is 0 Å². The van der Waals surface area contributed by atoms with Gasteiger partial charge in [-0.25, -0.2) is 4.79 Å². The number of rotatable bonds is 8. The molecule has 0 saturated carbocycles. The second-order valence-corrected chi connectivity index (χ2v) is 8.50. The molecule has 1 unspecified atom stereocenters. The van der Waals surface area contributed by atoms with Crippen molar-refractivity contribution in [2.75, 3.05) is 20.8 Å². The third-order valence-electron chi connectivity index (χ3n) is 5.67. The number of hydrogen-bond acceptors (Lipinski definition) is 5. The van der Waals surface area contributed by atoms with Crippen LogP contribution in [-0.2, 0) is 19.7 Å². The number of carbonyl (C=O) groups is 1. The summed E-state index contributed by atoms with van der Waals surface area (Å²) in [6.07, 6.45) is 16.9. The van der Waals surface area contributed by atoms with Crippen LogP contribution in [0.4, 0.5) is 0 Å². The fourth-order valence-electron chi connectivity index (χ4n) is 3.76. The maximum absolute atomic E-state index is 11.4. The molecular weight excluding hydrogens is 408 g/mol. The topological polar surface area (TPSA) is 44.8 Å². The molecule has 1 aromatic rings. The second-order valence-electron chi connectivity index (χ2n) is 7.32. The molecular formula is C26H32O4S. The number of benzene rings is 1. The van der Waals surface area contributed by atoms with E-state index in [2.05, 4.69) is 48.8 Å². The number of carbonyl (C=O) groups excluding carboxylic acids is 1. The number of thioether (sulfide) groups is 1. The zero-order chi connectivity index (χ0) is 22.9. The maximum Gasteiger partial charge on any atom is 0.343 e. The predicted octanol–water partition coefficient (Wildman–Crippen LogP) is 5.71. The van der Waals surface area contributed by atoms with Crippen LogP contribution in [0.5, 0.6) is 5.75 Å². The summed E-state index contributed by atoms with van der Waals surface area (Å²) in [5, 5.41) is -0.120. The SMILES string of the molecule is C#CC1/C=C(OC)\C=C/C/C=C(/C(CC)(CC)c2ccc(OCC(=O)OC)c(C)c2)S1. The number of esters is 1. The third kappa shape index (κ3) is 5.98. The molecule has 5 heteroatoms. The van der Waals surface area contributed by atoms with E-state index in [1.807, 2.05) is 25.1 Å². The number of aryl methyl sites for hydroxylation is 1. The van der Waals surface area contributed by atoms with E-state index in [1.54, 1.807) is 18.9 Å². The third-order valence-corrected chi connectivity index (χ3v) is 7.01. The van der Waals surface area contributed by atoms with Crippen LogP contribution >= 0.6 is 11.8 Å². The van der Waals surface area contributed by atoms with Crippen LogP contribution in [0, 0.1) is 19.3 Å². The fraction of sp³-hybridized carbons (Fsp3) is 0.423. The normalized spacial score (nSPS) is 21.1. The number of allylic oxidation sites excluding steroid dienone is 4. The van der Waals surface area contributed by atoms with Gasteiger partial charge in [0.2, 0.25) is 0 Å². The van der Waals surface area contributed by atoms with Gasteiger partial charge in [0.05, 0.1) is 19.5 Å². The van der Waals surface area contributed by atoms with E-state index < -0.39 is 5.97 Å². The summed E-state index contributed by atoms with van der Waals surface area (Å²) in [6, 6.07) is 6.19. The van der Waals surface area contributed by atoms with Crippen LogP contribution in [0.1, 0.15) is 44.2 Å². The Morgan fingerprint density at radius 2 is 2.03 bits per heavy atom. The molecule has 0 N–H and O–H groups in total. The lowest BCUT2D eigenvalue weighted by Crippen LogP contribution is -2.27. The van der Waals surface area contributed by atoms with Gasteiger partial charge >= 0.3 is 5.97 Å². The molecule has 0 saturated heterocycles. The van der Waals surface area contributed by atoms with Gasteiger partial charge in [0.15, 0.2) is 6.61 Å². The average Bonchev–Trinajstić information content (AvgIpc) is 2.90. The molecule has 1 atom stereocenters. The number of terminal acetylenes is 1. The van der Waals surface area contributed by atoms with Gasteiger partial charge in [-0.15, -0.1) is 18.2 Å². The minimum atomic E-state index is -0.399. The van der Waals surface area contributed by atoms with E-state index in [-0.39, 0.29) is 17.3 Å². The first-order valence-electron chi connectivity index (χ1n) is 10.5. The summed E-state index contributed by atoms with van der Waals surface area (Å²) in [7, 11) is 3.01. The molecule has 0 radical (unpaired) electrons. The van der Waals surface area contributed by atoms with Crippen molar-refractivity contribution in [1.82, 2.24) is 0 Å². The van der Waals surface area contributed by atoms with Crippen LogP contribution in [0.3, 0.4) is 0 Å². The Bertz CT molecular complexity index is 900. The van der Waals surface area contributed by atoms with Gasteiger partial charge in [-0.2, -0.15) is 0 Å². The molecule has 1 heterocycles. The highest BCUT2D eigenvalue weighted by Crippen LogP contribution is 2.47. The van der Waals surface area contributed by atoms with Crippen molar-refractivity contribution in [3.8, 4) is 18.1 Å². The van der Waals surface area contributed by atoms with Gasteiger partial charge < -0.3 is 14.2 Å². The summed E-state index contributed by atoms with van der Waals surface area (Å²) in [6.45, 7) is 6.32. The van der Waals surface area contributed by atoms with Crippen molar-refractivity contribution in [3.05, 3.63) is 64.3 Å². The monoisotopic (exact) mass is 440 g/mol. The van der Waals surface area contributed by atoms with E-state index in [0.29, 0.717) is 5.75 Å². The van der Waals surface area contributed by atoms with E-state index >= 15 is 0 Å². The van der Waals surface area contributed by atoms with Crippen molar-refractivity contribution >= 4 is 17.7 Å². The van der Waals surface area contributed by atoms with Crippen molar-refractivity contribution < 1.29 is 19.0 Å². The second kappa shape index (κ2) is 11.7. The Balaban J connectivity index is 2.43. The molecule has 1 aliphatic heterocycles. The van der Waals surface area contributed by atoms with Gasteiger partial charge in [0.25, 0.3) is 0 Å². The van der Waals surface area contributed by atoms with Crippen LogP contribution in [-0.4, -0.2) is 32.0 Å². The molecule has 0 spiro atoms. The Labute approximate surface area is 190 Å². The Kier molecular flexibility index (Phi) is 9.33. The van der Waals surface area contributed by atoms with E-state index in [1.165, 1.54) is 17.6 Å². The minimum Gasteiger partial charge on any atom is -0.497 e. The van der Waals surface area contributed by atoms with Crippen LogP contribution in [0.15, 0.2) is 53.2 Å². The molecule has 0 aliphatic carbocycles. The van der Waals surface area contributed by atoms with Crippen LogP contribution < -0.4 is 4.74 Å². The smallest absolute Gasteiger partial charge is 0.343 e. The zero-order valence-electron chi connectivity index (χ0n) is 19.1. The lowest BCUT2D eigenvalue weighted by molar-refractivity contribution is -0.142. The fourth-order valence-corrected chi connectivity index (χ4v) is 5.13. The van der Waals surface area contributed by atoms with Crippen LogP contribution in [0.25, 0.3) is 0 Å². The Morgan fingerprint density at radius 1 is 1.29 bits per heavy atom. The standard InChI is InChI=1S/C26H32O4S/c1-7-22-17-21(28-5)12-10-11-13-24(31-22)26(8-2,9-3)20-14-15-23(19(4)16-20)30-18-25(27)29-6/h1,10,12-17,22H,8-9,11,18H2,2-6H3/b12-10-,21-17+,24-13-. The lowest BCUT2D eigenvalue weighted by atomic mass is 9.74.